The zero-order valence-corrected chi connectivity index (χ0v) is 16.2. The Bertz CT molecular complexity index is 1220. The van der Waals surface area contributed by atoms with E-state index in [1.165, 1.54) is 0 Å². The van der Waals surface area contributed by atoms with Crippen molar-refractivity contribution >= 4 is 33.6 Å². The fourth-order valence-electron chi connectivity index (χ4n) is 3.94. The van der Waals surface area contributed by atoms with Crippen molar-refractivity contribution in [1.29, 1.82) is 0 Å². The molecular weight excluding hydrogens is 364 g/mol. The van der Waals surface area contributed by atoms with Crippen LogP contribution in [0.25, 0.3) is 21.7 Å². The number of nitrogens with zero attached hydrogens (tertiary/aromatic N) is 1. The molecule has 2 N–H and O–H groups in total. The second-order valence-corrected chi connectivity index (χ2v) is 6.93. The van der Waals surface area contributed by atoms with Crippen LogP contribution in [0.4, 0.5) is 0 Å². The zero-order chi connectivity index (χ0) is 20.4. The molecule has 1 aromatic heterocycles. The van der Waals surface area contributed by atoms with Gasteiger partial charge in [-0.2, -0.15) is 0 Å². The van der Waals surface area contributed by atoms with Gasteiger partial charge in [0.2, 0.25) is 5.91 Å². The van der Waals surface area contributed by atoms with Gasteiger partial charge < -0.3 is 15.0 Å². The van der Waals surface area contributed by atoms with Gasteiger partial charge in [-0.05, 0) is 34.9 Å². The third-order valence-corrected chi connectivity index (χ3v) is 5.11. The van der Waals surface area contributed by atoms with E-state index in [0.29, 0.717) is 12.1 Å². The highest BCUT2D eigenvalue weighted by molar-refractivity contribution is 6.00. The Morgan fingerprint density at radius 1 is 0.931 bits per heavy atom. The maximum absolute atomic E-state index is 12.9. The Labute approximate surface area is 168 Å². The van der Waals surface area contributed by atoms with Crippen LogP contribution in [0.5, 0.6) is 0 Å². The molecule has 0 unspecified atom stereocenters. The van der Waals surface area contributed by atoms with Crippen molar-refractivity contribution in [2.45, 2.75) is 19.9 Å². The minimum absolute atomic E-state index is 0.0792. The predicted molar refractivity (Wildman–Crippen MR) is 114 cm³/mol. The Morgan fingerprint density at radius 3 is 2.38 bits per heavy atom. The van der Waals surface area contributed by atoms with Crippen molar-refractivity contribution in [2.75, 3.05) is 6.61 Å². The standard InChI is InChI=1S/C24H22N2O3/c1-2-29-24(28)23-20(14-17-10-7-9-16-8-3-4-11-18(16)17)19-12-5-6-13-21(19)26(23)15-22(25)27/h3-13H,2,14-15H2,1H3,(H2,25,27). The number of benzene rings is 3. The van der Waals surface area contributed by atoms with Gasteiger partial charge in [0, 0.05) is 17.3 Å². The third-order valence-electron chi connectivity index (χ3n) is 5.11. The van der Waals surface area contributed by atoms with Gasteiger partial charge in [0.05, 0.1) is 6.61 Å². The Morgan fingerprint density at radius 2 is 1.62 bits per heavy atom. The summed E-state index contributed by atoms with van der Waals surface area (Å²) < 4.78 is 7.01. The number of amides is 1. The molecule has 146 valence electrons. The first kappa shape index (κ1) is 18.7. The Balaban J connectivity index is 1.96. The van der Waals surface area contributed by atoms with Crippen LogP contribution in [0.3, 0.4) is 0 Å². The highest BCUT2D eigenvalue weighted by atomic mass is 16.5. The molecule has 3 aromatic carbocycles. The summed E-state index contributed by atoms with van der Waals surface area (Å²) in [4.78, 5) is 24.6. The first-order valence-corrected chi connectivity index (χ1v) is 9.62. The number of carbonyl (C=O) groups excluding carboxylic acids is 2. The third kappa shape index (κ3) is 3.47. The van der Waals surface area contributed by atoms with Gasteiger partial charge in [0.25, 0.3) is 0 Å². The Kier molecular flexibility index (Phi) is 5.04. The quantitative estimate of drug-likeness (QED) is 0.508. The second kappa shape index (κ2) is 7.80. The lowest BCUT2D eigenvalue weighted by molar-refractivity contribution is -0.118. The summed E-state index contributed by atoms with van der Waals surface area (Å²) in [5.74, 6) is -0.951. The van der Waals surface area contributed by atoms with Gasteiger partial charge >= 0.3 is 5.97 Å². The molecule has 0 aliphatic carbocycles. The van der Waals surface area contributed by atoms with Gasteiger partial charge in [-0.1, -0.05) is 60.7 Å². The molecule has 0 radical (unpaired) electrons. The van der Waals surface area contributed by atoms with E-state index < -0.39 is 11.9 Å². The van der Waals surface area contributed by atoms with Crippen molar-refractivity contribution < 1.29 is 14.3 Å². The fraction of sp³-hybridized carbons (Fsp3) is 0.167. The molecule has 0 aliphatic rings. The SMILES string of the molecule is CCOC(=O)c1c(Cc2cccc3ccccc23)c2ccccc2n1CC(N)=O. The van der Waals surface area contributed by atoms with Gasteiger partial charge in [-0.15, -0.1) is 0 Å². The van der Waals surface area contributed by atoms with Crippen molar-refractivity contribution in [1.82, 2.24) is 4.57 Å². The zero-order valence-electron chi connectivity index (χ0n) is 16.2. The molecular formula is C24H22N2O3. The number of carbonyl (C=O) groups is 2. The molecule has 1 amide bonds. The largest absolute Gasteiger partial charge is 0.461 e. The molecule has 0 fully saturated rings. The van der Waals surface area contributed by atoms with E-state index >= 15 is 0 Å². The first-order chi connectivity index (χ1) is 14.1. The number of ether oxygens (including phenoxy) is 1. The van der Waals surface area contributed by atoms with E-state index in [1.54, 1.807) is 11.5 Å². The van der Waals surface area contributed by atoms with Crippen molar-refractivity contribution in [2.24, 2.45) is 5.73 Å². The monoisotopic (exact) mass is 386 g/mol. The van der Waals surface area contributed by atoms with E-state index in [2.05, 4.69) is 24.3 Å². The normalized spacial score (nSPS) is 11.1. The summed E-state index contributed by atoms with van der Waals surface area (Å²) in [5.41, 5.74) is 8.62. The lowest BCUT2D eigenvalue weighted by Crippen LogP contribution is -2.23. The van der Waals surface area contributed by atoms with Crippen LogP contribution in [-0.4, -0.2) is 23.1 Å². The number of hydrogen-bond acceptors (Lipinski definition) is 3. The van der Waals surface area contributed by atoms with Gasteiger partial charge in [-0.25, -0.2) is 4.79 Å². The number of rotatable bonds is 6. The number of nitrogens with two attached hydrogens (primary N) is 1. The minimum Gasteiger partial charge on any atom is -0.461 e. The van der Waals surface area contributed by atoms with Crippen LogP contribution in [-0.2, 0) is 22.5 Å². The number of hydrogen-bond donors (Lipinski definition) is 1. The molecule has 5 nitrogen and oxygen atoms in total. The highest BCUT2D eigenvalue weighted by Crippen LogP contribution is 2.31. The highest BCUT2D eigenvalue weighted by Gasteiger charge is 2.25. The molecule has 0 spiro atoms. The average molecular weight is 386 g/mol. The molecule has 0 saturated carbocycles. The van der Waals surface area contributed by atoms with E-state index in [9.17, 15) is 9.59 Å². The predicted octanol–water partition coefficient (Wildman–Crippen LogP) is 4.05. The summed E-state index contributed by atoms with van der Waals surface area (Å²) in [7, 11) is 0. The molecule has 1 heterocycles. The van der Waals surface area contributed by atoms with Gasteiger partial charge in [0.15, 0.2) is 0 Å². The lowest BCUT2D eigenvalue weighted by Gasteiger charge is -2.11. The van der Waals surface area contributed by atoms with Crippen molar-refractivity contribution in [3.8, 4) is 0 Å². The van der Waals surface area contributed by atoms with Crippen molar-refractivity contribution in [3.63, 3.8) is 0 Å². The fourth-order valence-corrected chi connectivity index (χ4v) is 3.94. The summed E-state index contributed by atoms with van der Waals surface area (Å²) in [6.45, 7) is 1.94. The maximum Gasteiger partial charge on any atom is 0.355 e. The molecule has 5 heteroatoms. The van der Waals surface area contributed by atoms with Crippen LogP contribution in [0, 0.1) is 0 Å². The molecule has 0 aliphatic heterocycles. The molecule has 4 rings (SSSR count). The van der Waals surface area contributed by atoms with E-state index in [4.69, 9.17) is 10.5 Å². The van der Waals surface area contributed by atoms with E-state index in [-0.39, 0.29) is 13.2 Å². The minimum atomic E-state index is -0.506. The molecule has 0 saturated heterocycles. The van der Waals surface area contributed by atoms with Crippen LogP contribution < -0.4 is 5.73 Å². The first-order valence-electron chi connectivity index (χ1n) is 9.62. The van der Waals surface area contributed by atoms with Gasteiger partial charge in [-0.3, -0.25) is 4.79 Å². The summed E-state index contributed by atoms with van der Waals surface area (Å²) in [6, 6.07) is 22.0. The second-order valence-electron chi connectivity index (χ2n) is 6.93. The van der Waals surface area contributed by atoms with E-state index in [1.807, 2.05) is 42.5 Å². The topological polar surface area (TPSA) is 74.3 Å². The van der Waals surface area contributed by atoms with Crippen LogP contribution in [0.15, 0.2) is 66.7 Å². The number of esters is 1. The van der Waals surface area contributed by atoms with Crippen LogP contribution >= 0.6 is 0 Å². The van der Waals surface area contributed by atoms with Gasteiger partial charge in [0.1, 0.15) is 12.2 Å². The van der Waals surface area contributed by atoms with Crippen LogP contribution in [0.1, 0.15) is 28.5 Å². The van der Waals surface area contributed by atoms with Crippen molar-refractivity contribution in [3.05, 3.63) is 83.6 Å². The summed E-state index contributed by atoms with van der Waals surface area (Å²) in [6.07, 6.45) is 0.543. The molecule has 0 atom stereocenters. The van der Waals surface area contributed by atoms with E-state index in [0.717, 1.165) is 32.8 Å². The maximum atomic E-state index is 12.9. The average Bonchev–Trinajstić information content (AvgIpc) is 3.01. The summed E-state index contributed by atoms with van der Waals surface area (Å²) >= 11 is 0. The smallest absolute Gasteiger partial charge is 0.355 e. The Hall–Kier alpha value is -3.60. The molecule has 29 heavy (non-hydrogen) atoms. The molecule has 4 aromatic rings. The van der Waals surface area contributed by atoms with Crippen LogP contribution in [0.2, 0.25) is 0 Å². The summed E-state index contributed by atoms with van der Waals surface area (Å²) in [5, 5.41) is 3.20. The number of fused-ring (bicyclic) bond motifs is 2. The number of primary amides is 1. The lowest BCUT2D eigenvalue weighted by atomic mass is 9.96. The molecule has 0 bridgehead atoms. The number of para-hydroxylation sites is 1. The number of aromatic nitrogens is 1.